The molecule has 0 saturated carbocycles. The first-order chi connectivity index (χ1) is 14.0. The van der Waals surface area contributed by atoms with Gasteiger partial charge >= 0.3 is 0 Å². The fourth-order valence-electron chi connectivity index (χ4n) is 4.16. The third-order valence-electron chi connectivity index (χ3n) is 5.78. The summed E-state index contributed by atoms with van der Waals surface area (Å²) in [6.45, 7) is 5.24. The number of aromatic nitrogens is 4. The van der Waals surface area contributed by atoms with Crippen molar-refractivity contribution in [3.63, 3.8) is 0 Å². The maximum absolute atomic E-state index is 12.9. The molecular weight excluding hydrogens is 364 g/mol. The van der Waals surface area contributed by atoms with E-state index < -0.39 is 0 Å². The van der Waals surface area contributed by atoms with E-state index in [9.17, 15) is 4.79 Å². The standard InChI is InChI=1S/C22H26N6O/c1-14-18(15(2)26-22(23)25-14)12-20(29)28-10-8-17(9-11-28)21-19(13-24-27-21)16-6-4-3-5-7-16/h3-7,13,17H,8-12H2,1-2H3,(H,24,27)(H2,23,25,26). The van der Waals surface area contributed by atoms with Crippen molar-refractivity contribution in [2.24, 2.45) is 0 Å². The van der Waals surface area contributed by atoms with Gasteiger partial charge in [-0.05, 0) is 32.3 Å². The van der Waals surface area contributed by atoms with Crippen LogP contribution in [-0.4, -0.2) is 44.1 Å². The van der Waals surface area contributed by atoms with Crippen LogP contribution in [0.15, 0.2) is 36.5 Å². The maximum Gasteiger partial charge on any atom is 0.227 e. The highest BCUT2D eigenvalue weighted by atomic mass is 16.2. The molecule has 1 fully saturated rings. The van der Waals surface area contributed by atoms with Crippen molar-refractivity contribution >= 4 is 11.9 Å². The molecule has 0 aliphatic carbocycles. The molecule has 0 bridgehead atoms. The van der Waals surface area contributed by atoms with Crippen molar-refractivity contribution in [1.82, 2.24) is 25.1 Å². The number of nitrogens with one attached hydrogen (secondary N) is 1. The Bertz CT molecular complexity index is 982. The summed E-state index contributed by atoms with van der Waals surface area (Å²) in [5, 5.41) is 7.48. The Kier molecular flexibility index (Phi) is 5.29. The lowest BCUT2D eigenvalue weighted by Crippen LogP contribution is -2.39. The van der Waals surface area contributed by atoms with Crippen LogP contribution >= 0.6 is 0 Å². The first-order valence-electron chi connectivity index (χ1n) is 9.99. The second-order valence-corrected chi connectivity index (χ2v) is 7.63. The molecule has 1 aromatic carbocycles. The van der Waals surface area contributed by atoms with Crippen molar-refractivity contribution in [3.8, 4) is 11.1 Å². The predicted octanol–water partition coefficient (Wildman–Crippen LogP) is 3.01. The Labute approximate surface area is 170 Å². The van der Waals surface area contributed by atoms with Gasteiger partial charge in [0.25, 0.3) is 0 Å². The molecule has 2 aromatic heterocycles. The maximum atomic E-state index is 12.9. The molecule has 4 rings (SSSR count). The lowest BCUT2D eigenvalue weighted by molar-refractivity contribution is -0.131. The minimum absolute atomic E-state index is 0.121. The van der Waals surface area contributed by atoms with Gasteiger partial charge in [0.15, 0.2) is 0 Å². The van der Waals surface area contributed by atoms with Crippen LogP contribution in [0.1, 0.15) is 41.4 Å². The Morgan fingerprint density at radius 2 is 1.79 bits per heavy atom. The number of nitrogen functional groups attached to an aromatic ring is 1. The zero-order valence-corrected chi connectivity index (χ0v) is 16.9. The molecule has 3 heterocycles. The molecule has 1 saturated heterocycles. The van der Waals surface area contributed by atoms with E-state index in [1.54, 1.807) is 0 Å². The molecule has 7 nitrogen and oxygen atoms in total. The second kappa shape index (κ2) is 8.03. The lowest BCUT2D eigenvalue weighted by Gasteiger charge is -2.32. The Hall–Kier alpha value is -3.22. The second-order valence-electron chi connectivity index (χ2n) is 7.63. The van der Waals surface area contributed by atoms with Gasteiger partial charge in [0.05, 0.1) is 12.6 Å². The number of nitrogens with zero attached hydrogens (tertiary/aromatic N) is 4. The van der Waals surface area contributed by atoms with Crippen LogP contribution in [0.5, 0.6) is 0 Å². The van der Waals surface area contributed by atoms with E-state index in [1.165, 1.54) is 11.3 Å². The first kappa shape index (κ1) is 19.1. The zero-order chi connectivity index (χ0) is 20.4. The third-order valence-corrected chi connectivity index (χ3v) is 5.78. The topological polar surface area (TPSA) is 101 Å². The van der Waals surface area contributed by atoms with Gasteiger partial charge in [-0.25, -0.2) is 9.97 Å². The fourth-order valence-corrected chi connectivity index (χ4v) is 4.16. The average Bonchev–Trinajstić information content (AvgIpc) is 3.21. The minimum atomic E-state index is 0.121. The van der Waals surface area contributed by atoms with Crippen molar-refractivity contribution in [2.75, 3.05) is 18.8 Å². The van der Waals surface area contributed by atoms with Gasteiger partial charge in [0.2, 0.25) is 11.9 Å². The monoisotopic (exact) mass is 390 g/mol. The van der Waals surface area contributed by atoms with E-state index in [0.29, 0.717) is 12.3 Å². The molecule has 29 heavy (non-hydrogen) atoms. The normalized spacial score (nSPS) is 14.9. The van der Waals surface area contributed by atoms with E-state index in [2.05, 4.69) is 32.3 Å². The molecule has 0 spiro atoms. The largest absolute Gasteiger partial charge is 0.368 e. The number of aromatic amines is 1. The zero-order valence-electron chi connectivity index (χ0n) is 16.9. The predicted molar refractivity (Wildman–Crippen MR) is 112 cm³/mol. The van der Waals surface area contributed by atoms with Gasteiger partial charge in [-0.1, -0.05) is 30.3 Å². The molecule has 7 heteroatoms. The number of hydrogen-bond acceptors (Lipinski definition) is 5. The number of amides is 1. The lowest BCUT2D eigenvalue weighted by atomic mass is 9.89. The number of H-pyrrole nitrogens is 1. The molecule has 0 radical (unpaired) electrons. The quantitative estimate of drug-likeness (QED) is 0.713. The number of nitrogens with two attached hydrogens (primary N) is 1. The summed E-state index contributed by atoms with van der Waals surface area (Å²) in [5.74, 6) is 0.752. The summed E-state index contributed by atoms with van der Waals surface area (Å²) < 4.78 is 0. The average molecular weight is 390 g/mol. The van der Waals surface area contributed by atoms with E-state index >= 15 is 0 Å². The van der Waals surface area contributed by atoms with Crippen LogP contribution in [0.2, 0.25) is 0 Å². The molecule has 3 aromatic rings. The van der Waals surface area contributed by atoms with Crippen molar-refractivity contribution in [2.45, 2.75) is 39.0 Å². The van der Waals surface area contributed by atoms with Gasteiger partial charge in [-0.3, -0.25) is 9.89 Å². The van der Waals surface area contributed by atoms with Crippen molar-refractivity contribution < 1.29 is 4.79 Å². The fraction of sp³-hybridized carbons (Fsp3) is 0.364. The van der Waals surface area contributed by atoms with E-state index in [-0.39, 0.29) is 11.9 Å². The third kappa shape index (κ3) is 3.99. The summed E-state index contributed by atoms with van der Waals surface area (Å²) in [7, 11) is 0. The molecule has 0 unspecified atom stereocenters. The summed E-state index contributed by atoms with van der Waals surface area (Å²) in [6.07, 6.45) is 4.06. The van der Waals surface area contributed by atoms with Crippen molar-refractivity contribution in [3.05, 3.63) is 59.2 Å². The SMILES string of the molecule is Cc1nc(N)nc(C)c1CC(=O)N1CCC(c2[nH]ncc2-c2ccccc2)CC1. The van der Waals surface area contributed by atoms with Gasteiger partial charge in [0, 0.05) is 47.2 Å². The number of piperidine rings is 1. The van der Waals surface area contributed by atoms with E-state index in [1.807, 2.05) is 43.1 Å². The van der Waals surface area contributed by atoms with Crippen LogP contribution in [0.25, 0.3) is 11.1 Å². The summed E-state index contributed by atoms with van der Waals surface area (Å²) in [4.78, 5) is 23.2. The van der Waals surface area contributed by atoms with Gasteiger partial charge in [0.1, 0.15) is 0 Å². The van der Waals surface area contributed by atoms with Crippen LogP contribution in [0, 0.1) is 13.8 Å². The number of likely N-dealkylation sites (tertiary alicyclic amines) is 1. The molecule has 1 aliphatic heterocycles. The van der Waals surface area contributed by atoms with Crippen LogP contribution < -0.4 is 5.73 Å². The summed E-state index contributed by atoms with van der Waals surface area (Å²) in [6, 6.07) is 10.3. The molecule has 3 N–H and O–H groups in total. The number of benzene rings is 1. The highest BCUT2D eigenvalue weighted by Gasteiger charge is 2.27. The number of aryl methyl sites for hydroxylation is 2. The van der Waals surface area contributed by atoms with E-state index in [0.717, 1.165) is 48.4 Å². The van der Waals surface area contributed by atoms with Crippen molar-refractivity contribution in [1.29, 1.82) is 0 Å². The minimum Gasteiger partial charge on any atom is -0.368 e. The van der Waals surface area contributed by atoms with E-state index in [4.69, 9.17) is 5.73 Å². The van der Waals surface area contributed by atoms with Gasteiger partial charge < -0.3 is 10.6 Å². The van der Waals surface area contributed by atoms with Gasteiger partial charge in [-0.2, -0.15) is 5.10 Å². The molecule has 150 valence electrons. The summed E-state index contributed by atoms with van der Waals surface area (Å²) in [5.41, 5.74) is 11.6. The molecule has 1 amide bonds. The number of hydrogen-bond donors (Lipinski definition) is 2. The number of carbonyl (C=O) groups is 1. The Morgan fingerprint density at radius 1 is 1.14 bits per heavy atom. The molecule has 1 aliphatic rings. The molecular formula is C22H26N6O. The highest BCUT2D eigenvalue weighted by Crippen LogP contribution is 2.34. The number of carbonyl (C=O) groups excluding carboxylic acids is 1. The van der Waals surface area contributed by atoms with Crippen LogP contribution in [0.4, 0.5) is 5.95 Å². The summed E-state index contributed by atoms with van der Waals surface area (Å²) >= 11 is 0. The van der Waals surface area contributed by atoms with Gasteiger partial charge in [-0.15, -0.1) is 0 Å². The Balaban J connectivity index is 1.42. The van der Waals surface area contributed by atoms with Crippen LogP contribution in [0.3, 0.4) is 0 Å². The van der Waals surface area contributed by atoms with Crippen LogP contribution in [-0.2, 0) is 11.2 Å². The first-order valence-corrected chi connectivity index (χ1v) is 9.99. The Morgan fingerprint density at radius 3 is 2.45 bits per heavy atom. The smallest absolute Gasteiger partial charge is 0.227 e. The highest BCUT2D eigenvalue weighted by molar-refractivity contribution is 5.79. The molecule has 0 atom stereocenters. The number of rotatable bonds is 4. The number of anilines is 1.